The van der Waals surface area contributed by atoms with E-state index in [2.05, 4.69) is 4.72 Å². The SMILES string of the molecule is O=C(COC(=O)c1ccccc1NS(=O)(=O)c1cccc([N+](=O)[O-])c1)c1cc(F)ccc1F. The Morgan fingerprint density at radius 3 is 2.42 bits per heavy atom. The average molecular weight is 476 g/mol. The van der Waals surface area contributed by atoms with Gasteiger partial charge in [0.05, 0.1) is 26.6 Å². The molecule has 3 aromatic carbocycles. The summed E-state index contributed by atoms with van der Waals surface area (Å²) < 4.78 is 59.3. The highest BCUT2D eigenvalue weighted by Gasteiger charge is 2.22. The third kappa shape index (κ3) is 5.54. The van der Waals surface area contributed by atoms with E-state index in [1.54, 1.807) is 0 Å². The Balaban J connectivity index is 1.79. The van der Waals surface area contributed by atoms with Crippen molar-refractivity contribution in [1.82, 2.24) is 0 Å². The molecule has 1 N–H and O–H groups in total. The number of nitrogens with one attached hydrogen (secondary N) is 1. The first-order valence-corrected chi connectivity index (χ1v) is 10.6. The number of hydrogen-bond donors (Lipinski definition) is 1. The Labute approximate surface area is 185 Å². The number of halogens is 2. The van der Waals surface area contributed by atoms with Crippen molar-refractivity contribution in [3.63, 3.8) is 0 Å². The largest absolute Gasteiger partial charge is 0.454 e. The van der Waals surface area contributed by atoms with Gasteiger partial charge in [-0.3, -0.25) is 19.6 Å². The van der Waals surface area contributed by atoms with Crippen molar-refractivity contribution in [2.75, 3.05) is 11.3 Å². The molecule has 0 unspecified atom stereocenters. The second kappa shape index (κ2) is 9.53. The molecule has 12 heteroatoms. The van der Waals surface area contributed by atoms with E-state index in [0.717, 1.165) is 30.3 Å². The van der Waals surface area contributed by atoms with E-state index in [1.807, 2.05) is 0 Å². The van der Waals surface area contributed by atoms with Crippen LogP contribution in [0.2, 0.25) is 0 Å². The monoisotopic (exact) mass is 476 g/mol. The van der Waals surface area contributed by atoms with Crippen LogP contribution in [0.3, 0.4) is 0 Å². The number of carbonyl (C=O) groups excluding carboxylic acids is 2. The van der Waals surface area contributed by atoms with Gasteiger partial charge in [-0.1, -0.05) is 18.2 Å². The Morgan fingerprint density at radius 2 is 1.70 bits per heavy atom. The number of nitrogens with zero attached hydrogens (tertiary/aromatic N) is 1. The first-order valence-electron chi connectivity index (χ1n) is 9.10. The molecule has 0 heterocycles. The zero-order valence-corrected chi connectivity index (χ0v) is 17.3. The van der Waals surface area contributed by atoms with Crippen LogP contribution in [0.5, 0.6) is 0 Å². The summed E-state index contributed by atoms with van der Waals surface area (Å²) in [5, 5.41) is 10.9. The number of esters is 1. The molecule has 0 spiro atoms. The zero-order valence-electron chi connectivity index (χ0n) is 16.5. The van der Waals surface area contributed by atoms with Gasteiger partial charge in [-0.05, 0) is 36.4 Å². The Hall–Kier alpha value is -4.19. The summed E-state index contributed by atoms with van der Waals surface area (Å²) in [7, 11) is -4.33. The predicted octanol–water partition coefficient (Wildman–Crippen LogP) is 3.71. The highest BCUT2D eigenvalue weighted by atomic mass is 32.2. The number of benzene rings is 3. The minimum Gasteiger partial charge on any atom is -0.454 e. The molecule has 0 radical (unpaired) electrons. The van der Waals surface area contributed by atoms with Gasteiger partial charge in [0.25, 0.3) is 15.7 Å². The first kappa shape index (κ1) is 23.5. The van der Waals surface area contributed by atoms with Gasteiger partial charge in [0.15, 0.2) is 6.61 Å². The second-order valence-electron chi connectivity index (χ2n) is 6.53. The first-order chi connectivity index (χ1) is 15.6. The molecule has 0 amide bonds. The Kier molecular flexibility index (Phi) is 6.78. The van der Waals surface area contributed by atoms with Crippen molar-refractivity contribution >= 4 is 33.2 Å². The molecule has 0 aromatic heterocycles. The predicted molar refractivity (Wildman–Crippen MR) is 111 cm³/mol. The van der Waals surface area contributed by atoms with Crippen LogP contribution in [0.4, 0.5) is 20.2 Å². The third-order valence-electron chi connectivity index (χ3n) is 4.29. The van der Waals surface area contributed by atoms with Crippen molar-refractivity contribution in [2.45, 2.75) is 4.90 Å². The molecular formula is C21H14F2N2O7S. The number of Topliss-reactive ketones (excluding diaryl/α,β-unsaturated/α-hetero) is 1. The van der Waals surface area contributed by atoms with Crippen molar-refractivity contribution in [2.24, 2.45) is 0 Å². The normalized spacial score (nSPS) is 11.0. The van der Waals surface area contributed by atoms with Crippen LogP contribution >= 0.6 is 0 Å². The lowest BCUT2D eigenvalue weighted by Crippen LogP contribution is -2.19. The summed E-state index contributed by atoms with van der Waals surface area (Å²) in [6.45, 7) is -0.925. The van der Waals surface area contributed by atoms with Gasteiger partial charge >= 0.3 is 5.97 Å². The second-order valence-corrected chi connectivity index (χ2v) is 8.21. The van der Waals surface area contributed by atoms with Crippen molar-refractivity contribution in [3.8, 4) is 0 Å². The number of nitro benzene ring substituents is 1. The van der Waals surface area contributed by atoms with Gasteiger partial charge in [-0.2, -0.15) is 0 Å². The van der Waals surface area contributed by atoms with Crippen LogP contribution in [0.1, 0.15) is 20.7 Å². The topological polar surface area (TPSA) is 133 Å². The Morgan fingerprint density at radius 1 is 0.970 bits per heavy atom. The lowest BCUT2D eigenvalue weighted by molar-refractivity contribution is -0.385. The number of non-ortho nitro benzene ring substituents is 1. The summed E-state index contributed by atoms with van der Waals surface area (Å²) in [5.41, 5.74) is -1.56. The molecule has 0 aliphatic heterocycles. The fraction of sp³-hybridized carbons (Fsp3) is 0.0476. The van der Waals surface area contributed by atoms with Crippen LogP contribution < -0.4 is 4.72 Å². The molecule has 0 atom stereocenters. The molecule has 3 rings (SSSR count). The summed E-state index contributed by atoms with van der Waals surface area (Å²) in [4.78, 5) is 34.3. The van der Waals surface area contributed by atoms with Crippen LogP contribution in [0.15, 0.2) is 71.6 Å². The molecule has 0 bridgehead atoms. The fourth-order valence-electron chi connectivity index (χ4n) is 2.72. The molecule has 0 aliphatic carbocycles. The van der Waals surface area contributed by atoms with Gasteiger partial charge in [0.2, 0.25) is 5.78 Å². The summed E-state index contributed by atoms with van der Waals surface area (Å²) in [5.74, 6) is -3.97. The van der Waals surface area contributed by atoms with Gasteiger partial charge in [-0.25, -0.2) is 22.0 Å². The maximum atomic E-state index is 13.7. The van der Waals surface area contributed by atoms with Crippen LogP contribution in [0, 0.1) is 21.7 Å². The van der Waals surface area contributed by atoms with E-state index in [-0.39, 0.29) is 11.3 Å². The zero-order chi connectivity index (χ0) is 24.2. The summed E-state index contributed by atoms with van der Waals surface area (Å²) >= 11 is 0. The molecule has 0 fully saturated rings. The van der Waals surface area contributed by atoms with Gasteiger partial charge in [-0.15, -0.1) is 0 Å². The lowest BCUT2D eigenvalue weighted by Gasteiger charge is -2.12. The molecule has 0 saturated heterocycles. The van der Waals surface area contributed by atoms with E-state index < -0.39 is 61.1 Å². The fourth-order valence-corrected chi connectivity index (χ4v) is 3.83. The number of nitro groups is 1. The molecule has 170 valence electrons. The minimum atomic E-state index is -4.33. The summed E-state index contributed by atoms with van der Waals surface area (Å²) in [6, 6.07) is 11.8. The van der Waals surface area contributed by atoms with Gasteiger partial charge in [0, 0.05) is 12.1 Å². The number of hydrogen-bond acceptors (Lipinski definition) is 7. The number of ether oxygens (including phenoxy) is 1. The van der Waals surface area contributed by atoms with E-state index in [1.165, 1.54) is 30.3 Å². The lowest BCUT2D eigenvalue weighted by atomic mass is 10.1. The van der Waals surface area contributed by atoms with Crippen LogP contribution in [-0.4, -0.2) is 31.7 Å². The quantitative estimate of drug-likeness (QED) is 0.227. The standard InChI is InChI=1S/C21H14F2N2O7S/c22-13-8-9-18(23)17(10-13)20(26)12-32-21(27)16-6-1-2-7-19(16)24-33(30,31)15-5-3-4-14(11-15)25(28)29/h1-11,24H,12H2. The highest BCUT2D eigenvalue weighted by Crippen LogP contribution is 2.23. The van der Waals surface area contributed by atoms with E-state index in [4.69, 9.17) is 4.74 Å². The molecule has 33 heavy (non-hydrogen) atoms. The number of para-hydroxylation sites is 1. The van der Waals surface area contributed by atoms with Crippen molar-refractivity contribution < 1.29 is 36.4 Å². The number of carbonyl (C=O) groups is 2. The van der Waals surface area contributed by atoms with Crippen molar-refractivity contribution in [1.29, 1.82) is 0 Å². The maximum absolute atomic E-state index is 13.7. The van der Waals surface area contributed by atoms with E-state index in [0.29, 0.717) is 6.07 Å². The van der Waals surface area contributed by atoms with Crippen LogP contribution in [0.25, 0.3) is 0 Å². The average Bonchev–Trinajstić information content (AvgIpc) is 2.79. The minimum absolute atomic E-state index is 0.224. The molecule has 3 aromatic rings. The molecule has 0 saturated carbocycles. The summed E-state index contributed by atoms with van der Waals surface area (Å²) in [6.07, 6.45) is 0. The number of ketones is 1. The van der Waals surface area contributed by atoms with E-state index >= 15 is 0 Å². The molecule has 9 nitrogen and oxygen atoms in total. The maximum Gasteiger partial charge on any atom is 0.340 e. The molecular weight excluding hydrogens is 462 g/mol. The Bertz CT molecular complexity index is 1360. The van der Waals surface area contributed by atoms with E-state index in [9.17, 15) is 36.9 Å². The van der Waals surface area contributed by atoms with Crippen molar-refractivity contribution in [3.05, 3.63) is 99.6 Å². The number of sulfonamides is 1. The smallest absolute Gasteiger partial charge is 0.340 e. The number of anilines is 1. The molecule has 0 aliphatic rings. The number of rotatable bonds is 8. The third-order valence-corrected chi connectivity index (χ3v) is 5.66. The van der Waals surface area contributed by atoms with Crippen LogP contribution in [-0.2, 0) is 14.8 Å². The van der Waals surface area contributed by atoms with Gasteiger partial charge in [0.1, 0.15) is 11.6 Å². The van der Waals surface area contributed by atoms with Gasteiger partial charge < -0.3 is 4.74 Å². The highest BCUT2D eigenvalue weighted by molar-refractivity contribution is 7.92.